The summed E-state index contributed by atoms with van der Waals surface area (Å²) in [5.41, 5.74) is 3.80. The van der Waals surface area contributed by atoms with Crippen LogP contribution in [0.2, 0.25) is 0 Å². The predicted octanol–water partition coefficient (Wildman–Crippen LogP) is 4.07. The third-order valence-electron chi connectivity index (χ3n) is 4.37. The van der Waals surface area contributed by atoms with E-state index in [-0.39, 0.29) is 5.91 Å². The van der Waals surface area contributed by atoms with Gasteiger partial charge in [0.25, 0.3) is 5.91 Å². The SMILES string of the molecule is COc1ccc(-c2ccccc2)cc1C(=O)N(C)CCc1ccncc1. The van der Waals surface area contributed by atoms with Gasteiger partial charge in [0.05, 0.1) is 12.7 Å². The standard InChI is InChI=1S/C22H22N2O2/c1-24(15-12-17-10-13-23-14-11-17)22(25)20-16-19(8-9-21(20)26-2)18-6-4-3-5-7-18/h3-11,13-14,16H,12,15H2,1-2H3. The van der Waals surface area contributed by atoms with E-state index in [2.05, 4.69) is 4.98 Å². The second-order valence-corrected chi connectivity index (χ2v) is 6.11. The van der Waals surface area contributed by atoms with E-state index in [1.807, 2.05) is 67.7 Å². The summed E-state index contributed by atoms with van der Waals surface area (Å²) in [4.78, 5) is 18.7. The maximum Gasteiger partial charge on any atom is 0.257 e. The molecule has 0 spiro atoms. The van der Waals surface area contributed by atoms with Gasteiger partial charge in [0.1, 0.15) is 5.75 Å². The zero-order valence-electron chi connectivity index (χ0n) is 15.1. The number of benzene rings is 2. The first-order chi connectivity index (χ1) is 12.7. The lowest BCUT2D eigenvalue weighted by atomic mass is 10.0. The molecule has 0 aliphatic rings. The Morgan fingerprint density at radius 2 is 1.73 bits per heavy atom. The molecular formula is C22H22N2O2. The summed E-state index contributed by atoms with van der Waals surface area (Å²) < 4.78 is 5.41. The summed E-state index contributed by atoms with van der Waals surface area (Å²) >= 11 is 0. The van der Waals surface area contributed by atoms with Crippen molar-refractivity contribution in [3.05, 3.63) is 84.2 Å². The van der Waals surface area contributed by atoms with Gasteiger partial charge in [0.15, 0.2) is 0 Å². The Morgan fingerprint density at radius 3 is 2.42 bits per heavy atom. The van der Waals surface area contributed by atoms with Gasteiger partial charge in [-0.25, -0.2) is 0 Å². The predicted molar refractivity (Wildman–Crippen MR) is 103 cm³/mol. The summed E-state index contributed by atoms with van der Waals surface area (Å²) in [6, 6.07) is 19.7. The molecule has 0 aliphatic carbocycles. The van der Waals surface area contributed by atoms with E-state index in [4.69, 9.17) is 4.74 Å². The van der Waals surface area contributed by atoms with E-state index in [1.54, 1.807) is 24.4 Å². The molecule has 132 valence electrons. The Bertz CT molecular complexity index is 864. The highest BCUT2D eigenvalue weighted by Gasteiger charge is 2.17. The minimum atomic E-state index is -0.0475. The third kappa shape index (κ3) is 4.09. The number of amides is 1. The number of rotatable bonds is 6. The molecule has 3 rings (SSSR count). The summed E-state index contributed by atoms with van der Waals surface area (Å²) in [7, 11) is 3.41. The Balaban J connectivity index is 1.80. The Morgan fingerprint density at radius 1 is 1.00 bits per heavy atom. The normalized spacial score (nSPS) is 10.4. The Hall–Kier alpha value is -3.14. The van der Waals surface area contributed by atoms with E-state index in [0.717, 1.165) is 23.1 Å². The molecule has 0 fully saturated rings. The minimum Gasteiger partial charge on any atom is -0.496 e. The van der Waals surface area contributed by atoms with Crippen LogP contribution >= 0.6 is 0 Å². The molecule has 0 unspecified atom stereocenters. The van der Waals surface area contributed by atoms with Gasteiger partial charge in [-0.15, -0.1) is 0 Å². The molecule has 0 saturated carbocycles. The van der Waals surface area contributed by atoms with E-state index in [0.29, 0.717) is 17.9 Å². The number of carbonyl (C=O) groups is 1. The van der Waals surface area contributed by atoms with Crippen molar-refractivity contribution in [1.29, 1.82) is 0 Å². The Kier molecular flexibility index (Phi) is 5.64. The number of likely N-dealkylation sites (N-methyl/N-ethyl adjacent to an activating group) is 1. The summed E-state index contributed by atoms with van der Waals surface area (Å²) in [5, 5.41) is 0. The zero-order chi connectivity index (χ0) is 18.4. The number of ether oxygens (including phenoxy) is 1. The number of nitrogens with zero attached hydrogens (tertiary/aromatic N) is 2. The van der Waals surface area contributed by atoms with Gasteiger partial charge in [-0.1, -0.05) is 36.4 Å². The molecule has 0 radical (unpaired) electrons. The fourth-order valence-corrected chi connectivity index (χ4v) is 2.84. The second kappa shape index (κ2) is 8.30. The van der Waals surface area contributed by atoms with Crippen molar-refractivity contribution >= 4 is 5.91 Å². The molecule has 1 aromatic heterocycles. The minimum absolute atomic E-state index is 0.0475. The number of hydrogen-bond acceptors (Lipinski definition) is 3. The average molecular weight is 346 g/mol. The van der Waals surface area contributed by atoms with Crippen LogP contribution in [0.15, 0.2) is 73.1 Å². The largest absolute Gasteiger partial charge is 0.496 e. The fourth-order valence-electron chi connectivity index (χ4n) is 2.84. The van der Waals surface area contributed by atoms with Crippen LogP contribution in [0.1, 0.15) is 15.9 Å². The molecule has 3 aromatic rings. The van der Waals surface area contributed by atoms with Gasteiger partial charge in [0.2, 0.25) is 0 Å². The van der Waals surface area contributed by atoms with Gasteiger partial charge in [-0.3, -0.25) is 9.78 Å². The van der Waals surface area contributed by atoms with Crippen molar-refractivity contribution in [1.82, 2.24) is 9.88 Å². The topological polar surface area (TPSA) is 42.4 Å². The van der Waals surface area contributed by atoms with E-state index >= 15 is 0 Å². The van der Waals surface area contributed by atoms with Crippen LogP contribution in [0.25, 0.3) is 11.1 Å². The number of pyridine rings is 1. The second-order valence-electron chi connectivity index (χ2n) is 6.11. The molecule has 0 bridgehead atoms. The van der Waals surface area contributed by atoms with Gasteiger partial charge in [-0.2, -0.15) is 0 Å². The van der Waals surface area contributed by atoms with Gasteiger partial charge < -0.3 is 9.64 Å². The van der Waals surface area contributed by atoms with Gasteiger partial charge in [-0.05, 0) is 47.4 Å². The quantitative estimate of drug-likeness (QED) is 0.676. The Labute approximate surface area is 154 Å². The van der Waals surface area contributed by atoms with Crippen LogP contribution in [-0.4, -0.2) is 36.5 Å². The molecule has 1 heterocycles. The zero-order valence-corrected chi connectivity index (χ0v) is 15.1. The number of aromatic nitrogens is 1. The van der Waals surface area contributed by atoms with Crippen LogP contribution in [0.4, 0.5) is 0 Å². The van der Waals surface area contributed by atoms with Crippen molar-refractivity contribution in [2.75, 3.05) is 20.7 Å². The lowest BCUT2D eigenvalue weighted by molar-refractivity contribution is 0.0793. The summed E-state index contributed by atoms with van der Waals surface area (Å²) in [5.74, 6) is 0.541. The maximum atomic E-state index is 13.0. The summed E-state index contributed by atoms with van der Waals surface area (Å²) in [6.45, 7) is 0.627. The summed E-state index contributed by atoms with van der Waals surface area (Å²) in [6.07, 6.45) is 4.32. The highest BCUT2D eigenvalue weighted by molar-refractivity contribution is 5.98. The number of hydrogen-bond donors (Lipinski definition) is 0. The highest BCUT2D eigenvalue weighted by Crippen LogP contribution is 2.27. The van der Waals surface area contributed by atoms with Crippen LogP contribution in [0.5, 0.6) is 5.75 Å². The van der Waals surface area contributed by atoms with E-state index in [9.17, 15) is 4.79 Å². The lowest BCUT2D eigenvalue weighted by Gasteiger charge is -2.19. The van der Waals surface area contributed by atoms with Crippen molar-refractivity contribution in [3.63, 3.8) is 0 Å². The molecule has 0 atom stereocenters. The van der Waals surface area contributed by atoms with Crippen molar-refractivity contribution < 1.29 is 9.53 Å². The first-order valence-corrected chi connectivity index (χ1v) is 8.57. The van der Waals surface area contributed by atoms with Gasteiger partial charge in [0, 0.05) is 26.0 Å². The van der Waals surface area contributed by atoms with Crippen LogP contribution in [0, 0.1) is 0 Å². The smallest absolute Gasteiger partial charge is 0.257 e. The van der Waals surface area contributed by atoms with Crippen molar-refractivity contribution in [3.8, 4) is 16.9 Å². The number of carbonyl (C=O) groups excluding carboxylic acids is 1. The molecule has 26 heavy (non-hydrogen) atoms. The molecule has 1 amide bonds. The monoisotopic (exact) mass is 346 g/mol. The van der Waals surface area contributed by atoms with E-state index < -0.39 is 0 Å². The first kappa shape index (κ1) is 17.7. The van der Waals surface area contributed by atoms with E-state index in [1.165, 1.54) is 0 Å². The molecule has 4 heteroatoms. The molecule has 4 nitrogen and oxygen atoms in total. The molecular weight excluding hydrogens is 324 g/mol. The lowest BCUT2D eigenvalue weighted by Crippen LogP contribution is -2.29. The van der Waals surface area contributed by atoms with Gasteiger partial charge >= 0.3 is 0 Å². The maximum absolute atomic E-state index is 13.0. The average Bonchev–Trinajstić information content (AvgIpc) is 2.72. The van der Waals surface area contributed by atoms with Crippen molar-refractivity contribution in [2.24, 2.45) is 0 Å². The third-order valence-corrected chi connectivity index (χ3v) is 4.37. The van der Waals surface area contributed by atoms with Crippen LogP contribution in [0.3, 0.4) is 0 Å². The van der Waals surface area contributed by atoms with Crippen LogP contribution < -0.4 is 4.74 Å². The molecule has 2 aromatic carbocycles. The first-order valence-electron chi connectivity index (χ1n) is 8.57. The molecule has 0 N–H and O–H groups in total. The number of methoxy groups -OCH3 is 1. The molecule has 0 aliphatic heterocycles. The van der Waals surface area contributed by atoms with Crippen molar-refractivity contribution in [2.45, 2.75) is 6.42 Å². The highest BCUT2D eigenvalue weighted by atomic mass is 16.5. The van der Waals surface area contributed by atoms with Crippen LogP contribution in [-0.2, 0) is 6.42 Å². The molecule has 0 saturated heterocycles. The fraction of sp³-hybridized carbons (Fsp3) is 0.182.